The summed E-state index contributed by atoms with van der Waals surface area (Å²) in [4.78, 5) is 4.70. The fraction of sp³-hybridized carbons (Fsp3) is 0.304. The van der Waals surface area contributed by atoms with Crippen LogP contribution in [0.15, 0.2) is 78.0 Å². The molecule has 1 aromatic heterocycles. The predicted molar refractivity (Wildman–Crippen MR) is 133 cm³/mol. The largest absolute Gasteiger partial charge is 0.375 e. The van der Waals surface area contributed by atoms with Crippen LogP contribution in [-0.2, 0) is 11.2 Å². The summed E-state index contributed by atoms with van der Waals surface area (Å²) in [6.07, 6.45) is 4.58. The molecule has 0 aliphatic heterocycles. The molecule has 0 spiro atoms. The van der Waals surface area contributed by atoms with Gasteiger partial charge in [-0.3, -0.25) is 4.99 Å². The number of hydrogen-bond donors (Lipinski definition) is 2. The van der Waals surface area contributed by atoms with E-state index in [1.165, 1.54) is 5.56 Å². The van der Waals surface area contributed by atoms with E-state index in [1.54, 1.807) is 13.3 Å². The van der Waals surface area contributed by atoms with Crippen molar-refractivity contribution in [2.75, 3.05) is 26.7 Å². The molecule has 0 aliphatic carbocycles. The van der Waals surface area contributed by atoms with Gasteiger partial charge >= 0.3 is 0 Å². The van der Waals surface area contributed by atoms with Crippen LogP contribution in [0.1, 0.15) is 24.2 Å². The molecular weight excluding hydrogens is 489 g/mol. The molecule has 3 aromatic rings. The van der Waals surface area contributed by atoms with Gasteiger partial charge in [0.2, 0.25) is 0 Å². The van der Waals surface area contributed by atoms with Crippen LogP contribution in [0.4, 0.5) is 0 Å². The van der Waals surface area contributed by atoms with Crippen molar-refractivity contribution in [3.8, 4) is 5.69 Å². The lowest BCUT2D eigenvalue weighted by Gasteiger charge is -2.16. The highest BCUT2D eigenvalue weighted by atomic mass is 127. The number of rotatable bonds is 9. The van der Waals surface area contributed by atoms with Crippen LogP contribution in [-0.4, -0.2) is 42.5 Å². The second-order valence-corrected chi connectivity index (χ2v) is 6.65. The molecule has 7 heteroatoms. The van der Waals surface area contributed by atoms with Gasteiger partial charge in [0.25, 0.3) is 0 Å². The Labute approximate surface area is 195 Å². The van der Waals surface area contributed by atoms with Crippen molar-refractivity contribution in [3.63, 3.8) is 0 Å². The van der Waals surface area contributed by atoms with Crippen molar-refractivity contribution in [2.45, 2.75) is 19.4 Å². The lowest BCUT2D eigenvalue weighted by molar-refractivity contribution is 0.111. The van der Waals surface area contributed by atoms with Crippen molar-refractivity contribution >= 4 is 29.9 Å². The topological polar surface area (TPSA) is 63.5 Å². The lowest BCUT2D eigenvalue weighted by Crippen LogP contribution is -2.38. The zero-order valence-electron chi connectivity index (χ0n) is 17.5. The van der Waals surface area contributed by atoms with Crippen LogP contribution >= 0.6 is 24.0 Å². The normalized spacial score (nSPS) is 12.1. The summed E-state index contributed by atoms with van der Waals surface area (Å²) in [7, 11) is 1.72. The smallest absolute Gasteiger partial charge is 0.191 e. The van der Waals surface area contributed by atoms with Gasteiger partial charge in [-0.2, -0.15) is 5.10 Å². The molecule has 2 N–H and O–H groups in total. The van der Waals surface area contributed by atoms with E-state index in [1.807, 2.05) is 35.1 Å². The first-order chi connectivity index (χ1) is 14.3. The van der Waals surface area contributed by atoms with E-state index in [0.717, 1.165) is 36.7 Å². The number of nitrogens with one attached hydrogen (secondary N) is 2. The third kappa shape index (κ3) is 7.14. The molecule has 0 amide bonds. The first-order valence-corrected chi connectivity index (χ1v) is 9.99. The summed E-state index contributed by atoms with van der Waals surface area (Å²) in [6, 6.07) is 20.6. The summed E-state index contributed by atoms with van der Waals surface area (Å²) in [5, 5.41) is 11.0. The molecule has 2 aromatic carbocycles. The first kappa shape index (κ1) is 23.9. The number of methoxy groups -OCH3 is 1. The highest BCUT2D eigenvalue weighted by Crippen LogP contribution is 2.16. The van der Waals surface area contributed by atoms with Crippen LogP contribution in [0.25, 0.3) is 5.69 Å². The number of nitrogens with zero attached hydrogens (tertiary/aromatic N) is 3. The Morgan fingerprint density at radius 2 is 1.83 bits per heavy atom. The summed E-state index contributed by atoms with van der Waals surface area (Å²) in [6.45, 7) is 4.24. The van der Waals surface area contributed by atoms with E-state index in [9.17, 15) is 0 Å². The molecule has 1 unspecified atom stereocenters. The number of ether oxygens (including phenoxy) is 1. The van der Waals surface area contributed by atoms with Gasteiger partial charge in [0.1, 0.15) is 6.10 Å². The Balaban J connectivity index is 0.00000320. The highest BCUT2D eigenvalue weighted by Gasteiger charge is 2.09. The fourth-order valence-corrected chi connectivity index (χ4v) is 3.06. The zero-order valence-corrected chi connectivity index (χ0v) is 19.8. The van der Waals surface area contributed by atoms with Crippen molar-refractivity contribution < 1.29 is 4.74 Å². The zero-order chi connectivity index (χ0) is 20.3. The minimum absolute atomic E-state index is 0. The van der Waals surface area contributed by atoms with E-state index in [2.05, 4.69) is 59.1 Å². The second kappa shape index (κ2) is 13.0. The molecule has 0 aliphatic rings. The van der Waals surface area contributed by atoms with Crippen LogP contribution in [0.2, 0.25) is 0 Å². The van der Waals surface area contributed by atoms with Gasteiger partial charge in [-0.15, -0.1) is 24.0 Å². The molecule has 1 heterocycles. The fourth-order valence-electron chi connectivity index (χ4n) is 3.06. The van der Waals surface area contributed by atoms with E-state index in [4.69, 9.17) is 9.73 Å². The van der Waals surface area contributed by atoms with Crippen molar-refractivity contribution in [3.05, 3.63) is 84.2 Å². The number of guanidine groups is 1. The third-order valence-electron chi connectivity index (χ3n) is 4.63. The first-order valence-electron chi connectivity index (χ1n) is 9.99. The second-order valence-electron chi connectivity index (χ2n) is 6.65. The number of aromatic nitrogens is 2. The Morgan fingerprint density at radius 1 is 1.07 bits per heavy atom. The Bertz CT molecular complexity index is 866. The number of halogens is 1. The standard InChI is InChI=1S/C23H29N5O.HI/c1-3-24-23(26-18-22(29-2)20-8-5-4-6-9-20)25-16-14-19-10-12-21(13-11-19)28-17-7-15-27-28;/h4-13,15,17,22H,3,14,16,18H2,1-2H3,(H2,24,25,26);1H. The maximum atomic E-state index is 5.61. The van der Waals surface area contributed by atoms with Crippen LogP contribution in [0.3, 0.4) is 0 Å². The monoisotopic (exact) mass is 519 g/mol. The van der Waals surface area contributed by atoms with E-state index >= 15 is 0 Å². The SMILES string of the molecule is CCNC(=NCC(OC)c1ccccc1)NCCc1ccc(-n2cccn2)cc1.I. The van der Waals surface area contributed by atoms with Gasteiger partial charge in [0, 0.05) is 32.6 Å². The minimum Gasteiger partial charge on any atom is -0.375 e. The van der Waals surface area contributed by atoms with Crippen molar-refractivity contribution in [1.82, 2.24) is 20.4 Å². The third-order valence-corrected chi connectivity index (χ3v) is 4.63. The quantitative estimate of drug-likeness (QED) is 0.255. The van der Waals surface area contributed by atoms with Gasteiger partial charge in [-0.1, -0.05) is 42.5 Å². The van der Waals surface area contributed by atoms with Gasteiger partial charge < -0.3 is 15.4 Å². The molecule has 0 saturated heterocycles. The van der Waals surface area contributed by atoms with E-state index < -0.39 is 0 Å². The summed E-state index contributed by atoms with van der Waals surface area (Å²) < 4.78 is 7.47. The van der Waals surface area contributed by atoms with Gasteiger partial charge in [0.15, 0.2) is 5.96 Å². The van der Waals surface area contributed by atoms with Gasteiger partial charge in [-0.25, -0.2) is 4.68 Å². The summed E-state index contributed by atoms with van der Waals surface area (Å²) in [5.74, 6) is 0.804. The average Bonchev–Trinajstić information content (AvgIpc) is 3.30. The van der Waals surface area contributed by atoms with Crippen molar-refractivity contribution in [1.29, 1.82) is 0 Å². The average molecular weight is 519 g/mol. The van der Waals surface area contributed by atoms with Gasteiger partial charge in [-0.05, 0) is 42.7 Å². The highest BCUT2D eigenvalue weighted by molar-refractivity contribution is 14.0. The molecule has 0 bridgehead atoms. The summed E-state index contributed by atoms with van der Waals surface area (Å²) >= 11 is 0. The Morgan fingerprint density at radius 3 is 2.47 bits per heavy atom. The van der Waals surface area contributed by atoms with Crippen LogP contribution in [0.5, 0.6) is 0 Å². The van der Waals surface area contributed by atoms with E-state index in [-0.39, 0.29) is 30.1 Å². The van der Waals surface area contributed by atoms with Crippen LogP contribution < -0.4 is 10.6 Å². The molecule has 0 fully saturated rings. The number of benzene rings is 2. The summed E-state index contributed by atoms with van der Waals surface area (Å²) in [5.41, 5.74) is 3.46. The Kier molecular flexibility index (Phi) is 10.4. The van der Waals surface area contributed by atoms with Crippen LogP contribution in [0, 0.1) is 0 Å². The molecule has 30 heavy (non-hydrogen) atoms. The predicted octanol–water partition coefficient (Wildman–Crippen LogP) is 3.98. The molecule has 6 nitrogen and oxygen atoms in total. The molecule has 160 valence electrons. The molecule has 1 atom stereocenters. The maximum Gasteiger partial charge on any atom is 0.191 e. The maximum absolute atomic E-state index is 5.61. The van der Waals surface area contributed by atoms with E-state index in [0.29, 0.717) is 6.54 Å². The molecular formula is C23H30IN5O. The van der Waals surface area contributed by atoms with Crippen molar-refractivity contribution in [2.24, 2.45) is 4.99 Å². The number of aliphatic imine (C=N–C) groups is 1. The minimum atomic E-state index is -0.0542. The molecule has 0 saturated carbocycles. The molecule has 3 rings (SSSR count). The van der Waals surface area contributed by atoms with Gasteiger partial charge in [0.05, 0.1) is 12.2 Å². The Hall–Kier alpha value is -2.39. The molecule has 0 radical (unpaired) electrons. The number of hydrogen-bond acceptors (Lipinski definition) is 3. The lowest BCUT2D eigenvalue weighted by atomic mass is 10.1.